The molecule has 0 saturated heterocycles. The molecule has 0 N–H and O–H groups in total. The molecule has 0 aliphatic heterocycles. The molecule has 0 aliphatic rings. The van der Waals surface area contributed by atoms with Crippen molar-refractivity contribution in [1.29, 1.82) is 0 Å². The molecule has 45 heavy (non-hydrogen) atoms. The predicted molar refractivity (Wildman–Crippen MR) is 176 cm³/mol. The average molecular weight is 582 g/mol. The van der Waals surface area contributed by atoms with E-state index in [9.17, 15) is 0 Å². The molecule has 0 amide bonds. The number of fused-ring (bicyclic) bond motifs is 5. The van der Waals surface area contributed by atoms with Crippen LogP contribution in [-0.4, -0.2) is 24.5 Å². The van der Waals surface area contributed by atoms with Crippen molar-refractivity contribution < 1.29 is 8.83 Å². The lowest BCUT2D eigenvalue weighted by Crippen LogP contribution is -1.95. The highest BCUT2D eigenvalue weighted by Gasteiger charge is 2.20. The fraction of sp³-hybridized carbons (Fsp3) is 0. The Morgan fingerprint density at radius 3 is 1.84 bits per heavy atom. The van der Waals surface area contributed by atoms with E-state index in [4.69, 9.17) is 18.8 Å². The number of nitrogens with zero attached hydrogens (tertiary/aromatic N) is 5. The van der Waals surface area contributed by atoms with Crippen LogP contribution in [0.15, 0.2) is 149 Å². The highest BCUT2D eigenvalue weighted by atomic mass is 16.3. The van der Waals surface area contributed by atoms with Gasteiger partial charge in [-0.2, -0.15) is 0 Å². The summed E-state index contributed by atoms with van der Waals surface area (Å²) < 4.78 is 13.4. The Balaban J connectivity index is 1.34. The predicted octanol–water partition coefficient (Wildman–Crippen LogP) is 9.37. The lowest BCUT2D eigenvalue weighted by atomic mass is 9.96. The van der Waals surface area contributed by atoms with E-state index in [0.29, 0.717) is 23.2 Å². The summed E-state index contributed by atoms with van der Waals surface area (Å²) in [6.07, 6.45) is 6.40. The highest BCUT2D eigenvalue weighted by molar-refractivity contribution is 6.24. The third-order valence-corrected chi connectivity index (χ3v) is 8.16. The maximum Gasteiger partial charge on any atom is 0.245 e. The second-order valence-electron chi connectivity index (χ2n) is 10.8. The van der Waals surface area contributed by atoms with Crippen LogP contribution in [0.1, 0.15) is 0 Å². The number of oxazole rings is 2. The minimum Gasteiger partial charge on any atom is -0.443 e. The first-order valence-corrected chi connectivity index (χ1v) is 14.6. The van der Waals surface area contributed by atoms with Crippen molar-refractivity contribution >= 4 is 32.6 Å². The van der Waals surface area contributed by atoms with Crippen molar-refractivity contribution in [2.24, 2.45) is 0 Å². The number of para-hydroxylation sites is 1. The zero-order valence-corrected chi connectivity index (χ0v) is 23.8. The van der Waals surface area contributed by atoms with Gasteiger partial charge in [0.25, 0.3) is 0 Å². The number of hydrogen-bond acceptors (Lipinski definition) is 6. The molecule has 0 aliphatic carbocycles. The van der Waals surface area contributed by atoms with Gasteiger partial charge in [0.2, 0.25) is 11.8 Å². The SMILES string of the molecule is c1ccc(-n2c3cc(-c4cccc(-c5ncco5)n4)ccc3c3c4ccccc4c(-c4cccc(-c5ncco5)n4)cc32)cc1. The maximum absolute atomic E-state index is 5.57. The summed E-state index contributed by atoms with van der Waals surface area (Å²) in [7, 11) is 0. The first kappa shape index (κ1) is 25.2. The van der Waals surface area contributed by atoms with Crippen LogP contribution in [0.3, 0.4) is 0 Å². The Morgan fingerprint density at radius 2 is 1.13 bits per heavy atom. The maximum atomic E-state index is 5.57. The summed E-state index contributed by atoms with van der Waals surface area (Å²) in [4.78, 5) is 18.5. The van der Waals surface area contributed by atoms with Crippen molar-refractivity contribution in [3.05, 3.63) is 140 Å². The summed E-state index contributed by atoms with van der Waals surface area (Å²) in [5.74, 6) is 0.990. The van der Waals surface area contributed by atoms with Crippen LogP contribution >= 0.6 is 0 Å². The smallest absolute Gasteiger partial charge is 0.245 e. The standard InChI is InChI=1S/C38H23N5O2/c1-2-8-25(9-3-1)43-34-22-24(30-12-6-14-32(41-30)37-39-18-20-44-37)16-17-28(34)36-27-11-5-4-10-26(27)29(23-35(36)43)31-13-7-15-33(42-31)38-40-19-21-45-38/h1-23H. The molecular weight excluding hydrogens is 558 g/mol. The Kier molecular flexibility index (Phi) is 5.67. The van der Waals surface area contributed by atoms with Crippen LogP contribution in [0.2, 0.25) is 0 Å². The average Bonchev–Trinajstić information content (AvgIpc) is 3.90. The van der Waals surface area contributed by atoms with E-state index in [-0.39, 0.29) is 0 Å². The van der Waals surface area contributed by atoms with E-state index in [2.05, 4.69) is 87.3 Å². The van der Waals surface area contributed by atoms with Gasteiger partial charge in [-0.1, -0.05) is 66.7 Å². The van der Waals surface area contributed by atoms with Crippen molar-refractivity contribution in [3.63, 3.8) is 0 Å². The van der Waals surface area contributed by atoms with Crippen LogP contribution in [0, 0.1) is 0 Å². The Morgan fingerprint density at radius 1 is 0.489 bits per heavy atom. The molecule has 0 spiro atoms. The van der Waals surface area contributed by atoms with Gasteiger partial charge >= 0.3 is 0 Å². The molecule has 9 aromatic rings. The van der Waals surface area contributed by atoms with Gasteiger partial charge in [0, 0.05) is 27.6 Å². The van der Waals surface area contributed by atoms with E-state index in [1.807, 2.05) is 42.5 Å². The minimum atomic E-state index is 0.494. The molecule has 0 unspecified atom stereocenters. The number of rotatable bonds is 5. The van der Waals surface area contributed by atoms with Gasteiger partial charge in [0.15, 0.2) is 0 Å². The van der Waals surface area contributed by atoms with Gasteiger partial charge < -0.3 is 13.4 Å². The van der Waals surface area contributed by atoms with E-state index in [1.54, 1.807) is 24.9 Å². The van der Waals surface area contributed by atoms with Crippen LogP contribution in [-0.2, 0) is 0 Å². The molecule has 0 atom stereocenters. The molecule has 5 heterocycles. The Labute approximate surface area is 257 Å². The first-order valence-electron chi connectivity index (χ1n) is 14.6. The van der Waals surface area contributed by atoms with Gasteiger partial charge in [0.1, 0.15) is 23.9 Å². The second-order valence-corrected chi connectivity index (χ2v) is 10.8. The van der Waals surface area contributed by atoms with E-state index >= 15 is 0 Å². The summed E-state index contributed by atoms with van der Waals surface area (Å²) in [5, 5.41) is 4.62. The van der Waals surface area contributed by atoms with Crippen LogP contribution in [0.5, 0.6) is 0 Å². The first-order chi connectivity index (χ1) is 22.3. The molecule has 9 rings (SSSR count). The van der Waals surface area contributed by atoms with Crippen molar-refractivity contribution in [3.8, 4) is 51.4 Å². The molecule has 5 aromatic heterocycles. The minimum absolute atomic E-state index is 0.494. The fourth-order valence-corrected chi connectivity index (χ4v) is 6.22. The largest absolute Gasteiger partial charge is 0.443 e. The van der Waals surface area contributed by atoms with Gasteiger partial charge in [-0.05, 0) is 59.3 Å². The number of benzene rings is 4. The number of pyridine rings is 2. The summed E-state index contributed by atoms with van der Waals surface area (Å²) in [5.41, 5.74) is 8.35. The summed E-state index contributed by atoms with van der Waals surface area (Å²) in [6, 6.07) is 39.7. The van der Waals surface area contributed by atoms with Gasteiger partial charge in [0.05, 0.1) is 34.8 Å². The van der Waals surface area contributed by atoms with Gasteiger partial charge in [-0.15, -0.1) is 0 Å². The summed E-state index contributed by atoms with van der Waals surface area (Å²) >= 11 is 0. The molecule has 7 heteroatoms. The molecule has 7 nitrogen and oxygen atoms in total. The zero-order valence-electron chi connectivity index (χ0n) is 23.8. The van der Waals surface area contributed by atoms with Crippen molar-refractivity contribution in [2.45, 2.75) is 0 Å². The monoisotopic (exact) mass is 581 g/mol. The van der Waals surface area contributed by atoms with Crippen LogP contribution < -0.4 is 0 Å². The molecule has 0 bridgehead atoms. The van der Waals surface area contributed by atoms with Crippen LogP contribution in [0.4, 0.5) is 0 Å². The number of hydrogen-bond donors (Lipinski definition) is 0. The van der Waals surface area contributed by atoms with Crippen molar-refractivity contribution in [1.82, 2.24) is 24.5 Å². The molecule has 212 valence electrons. The quantitative estimate of drug-likeness (QED) is 0.201. The van der Waals surface area contributed by atoms with Gasteiger partial charge in [-0.25, -0.2) is 19.9 Å². The lowest BCUT2D eigenvalue weighted by molar-refractivity contribution is 0.572. The molecular formula is C38H23N5O2. The zero-order chi connectivity index (χ0) is 29.7. The molecule has 0 radical (unpaired) electrons. The highest BCUT2D eigenvalue weighted by Crippen LogP contribution is 2.42. The normalized spacial score (nSPS) is 11.6. The number of aromatic nitrogens is 5. The molecule has 4 aromatic carbocycles. The van der Waals surface area contributed by atoms with Gasteiger partial charge in [-0.3, -0.25) is 0 Å². The van der Waals surface area contributed by atoms with E-state index < -0.39 is 0 Å². The third kappa shape index (κ3) is 4.13. The lowest BCUT2D eigenvalue weighted by Gasteiger charge is -2.12. The van der Waals surface area contributed by atoms with Crippen molar-refractivity contribution in [2.75, 3.05) is 0 Å². The van der Waals surface area contributed by atoms with E-state index in [1.165, 1.54) is 5.39 Å². The molecule has 0 fully saturated rings. The fourth-order valence-electron chi connectivity index (χ4n) is 6.22. The third-order valence-electron chi connectivity index (χ3n) is 8.16. The Bertz CT molecular complexity index is 2480. The van der Waals surface area contributed by atoms with Crippen LogP contribution in [0.25, 0.3) is 83.9 Å². The molecule has 0 saturated carbocycles. The second kappa shape index (κ2) is 10.1. The summed E-state index contributed by atoms with van der Waals surface area (Å²) in [6.45, 7) is 0. The Hall–Kier alpha value is -6.34. The topological polar surface area (TPSA) is 82.8 Å². The van der Waals surface area contributed by atoms with E-state index in [0.717, 1.165) is 55.4 Å².